The van der Waals surface area contributed by atoms with Gasteiger partial charge in [0.25, 0.3) is 0 Å². The molecule has 0 atom stereocenters. The van der Waals surface area contributed by atoms with Crippen LogP contribution in [0.5, 0.6) is 5.88 Å². The van der Waals surface area contributed by atoms with Crippen molar-refractivity contribution in [3.05, 3.63) is 24.4 Å². The van der Waals surface area contributed by atoms with Gasteiger partial charge in [0.1, 0.15) is 0 Å². The van der Waals surface area contributed by atoms with Crippen molar-refractivity contribution in [1.82, 2.24) is 9.97 Å². The molecule has 0 unspecified atom stereocenters. The van der Waals surface area contributed by atoms with Crippen molar-refractivity contribution in [3.63, 3.8) is 0 Å². The molecule has 2 aromatic heterocycles. The Balaban J connectivity index is 2.59. The number of hydrogen-bond donors (Lipinski definition) is 1. The third-order valence-electron chi connectivity index (χ3n) is 1.86. The normalized spacial score (nSPS) is 10.4. The first-order chi connectivity index (χ1) is 6.81. The van der Waals surface area contributed by atoms with Gasteiger partial charge in [-0.25, -0.2) is 4.98 Å². The van der Waals surface area contributed by atoms with E-state index >= 15 is 0 Å². The van der Waals surface area contributed by atoms with Gasteiger partial charge >= 0.3 is 0 Å². The SMILES string of the molecule is CCOc1nc2cccnc2cc1N. The van der Waals surface area contributed by atoms with E-state index in [-0.39, 0.29) is 0 Å². The molecule has 0 aliphatic carbocycles. The van der Waals surface area contributed by atoms with Crippen LogP contribution in [0.25, 0.3) is 11.0 Å². The molecule has 0 amide bonds. The fourth-order valence-electron chi connectivity index (χ4n) is 1.25. The zero-order valence-corrected chi connectivity index (χ0v) is 7.90. The fraction of sp³-hybridized carbons (Fsp3) is 0.200. The minimum atomic E-state index is 0.480. The summed E-state index contributed by atoms with van der Waals surface area (Å²) in [5.74, 6) is 0.480. The van der Waals surface area contributed by atoms with Crippen molar-refractivity contribution in [2.45, 2.75) is 6.92 Å². The van der Waals surface area contributed by atoms with Crippen LogP contribution in [-0.2, 0) is 0 Å². The zero-order valence-electron chi connectivity index (χ0n) is 7.90. The van der Waals surface area contributed by atoms with Crippen molar-refractivity contribution in [2.75, 3.05) is 12.3 Å². The molecule has 2 N–H and O–H groups in total. The van der Waals surface area contributed by atoms with E-state index in [0.29, 0.717) is 18.2 Å². The molecule has 0 saturated heterocycles. The summed E-state index contributed by atoms with van der Waals surface area (Å²) in [6, 6.07) is 5.48. The number of pyridine rings is 2. The molecule has 0 spiro atoms. The molecule has 0 radical (unpaired) electrons. The molecule has 0 saturated carbocycles. The minimum absolute atomic E-state index is 0.480. The van der Waals surface area contributed by atoms with Crippen molar-refractivity contribution < 1.29 is 4.74 Å². The summed E-state index contributed by atoms with van der Waals surface area (Å²) in [5.41, 5.74) is 7.85. The predicted octanol–water partition coefficient (Wildman–Crippen LogP) is 1.61. The first-order valence-corrected chi connectivity index (χ1v) is 4.45. The lowest BCUT2D eigenvalue weighted by Gasteiger charge is -2.06. The van der Waals surface area contributed by atoms with Gasteiger partial charge in [-0.2, -0.15) is 0 Å². The Labute approximate surface area is 81.7 Å². The van der Waals surface area contributed by atoms with Crippen LogP contribution in [0.2, 0.25) is 0 Å². The third kappa shape index (κ3) is 1.46. The molecule has 2 heterocycles. The average Bonchev–Trinajstić information content (AvgIpc) is 2.19. The van der Waals surface area contributed by atoms with Gasteiger partial charge < -0.3 is 10.5 Å². The van der Waals surface area contributed by atoms with Gasteiger partial charge in [-0.15, -0.1) is 0 Å². The zero-order chi connectivity index (χ0) is 9.97. The lowest BCUT2D eigenvalue weighted by molar-refractivity contribution is 0.330. The molecule has 0 aliphatic rings. The van der Waals surface area contributed by atoms with Crippen molar-refractivity contribution in [3.8, 4) is 5.88 Å². The van der Waals surface area contributed by atoms with Crippen molar-refractivity contribution in [2.24, 2.45) is 0 Å². The Morgan fingerprint density at radius 1 is 1.43 bits per heavy atom. The van der Waals surface area contributed by atoms with Crippen LogP contribution in [0.4, 0.5) is 5.69 Å². The Kier molecular flexibility index (Phi) is 2.18. The number of hydrogen-bond acceptors (Lipinski definition) is 4. The van der Waals surface area contributed by atoms with E-state index in [4.69, 9.17) is 10.5 Å². The van der Waals surface area contributed by atoms with Crippen molar-refractivity contribution >= 4 is 16.7 Å². The van der Waals surface area contributed by atoms with Crippen LogP contribution in [-0.4, -0.2) is 16.6 Å². The van der Waals surface area contributed by atoms with Crippen LogP contribution < -0.4 is 10.5 Å². The van der Waals surface area contributed by atoms with Gasteiger partial charge in [0, 0.05) is 6.20 Å². The second-order valence-electron chi connectivity index (χ2n) is 2.86. The Hall–Kier alpha value is -1.84. The van der Waals surface area contributed by atoms with Crippen LogP contribution in [0, 0.1) is 0 Å². The number of fused-ring (bicyclic) bond motifs is 1. The van der Waals surface area contributed by atoms with E-state index in [0.717, 1.165) is 11.0 Å². The van der Waals surface area contributed by atoms with E-state index in [2.05, 4.69) is 9.97 Å². The summed E-state index contributed by atoms with van der Waals surface area (Å²) >= 11 is 0. The number of aromatic nitrogens is 2. The summed E-state index contributed by atoms with van der Waals surface area (Å²) in [6.07, 6.45) is 1.71. The van der Waals surface area contributed by atoms with Crippen LogP contribution in [0.15, 0.2) is 24.4 Å². The van der Waals surface area contributed by atoms with Gasteiger partial charge in [0.2, 0.25) is 5.88 Å². The second kappa shape index (κ2) is 3.49. The Morgan fingerprint density at radius 3 is 3.07 bits per heavy atom. The molecule has 2 rings (SSSR count). The molecule has 14 heavy (non-hydrogen) atoms. The quantitative estimate of drug-likeness (QED) is 0.779. The number of nitrogen functional groups attached to an aromatic ring is 1. The van der Waals surface area contributed by atoms with E-state index in [1.54, 1.807) is 12.3 Å². The highest BCUT2D eigenvalue weighted by Crippen LogP contribution is 2.22. The largest absolute Gasteiger partial charge is 0.476 e. The first-order valence-electron chi connectivity index (χ1n) is 4.45. The Bertz CT molecular complexity index is 456. The molecular weight excluding hydrogens is 178 g/mol. The number of ether oxygens (including phenoxy) is 1. The van der Waals surface area contributed by atoms with Gasteiger partial charge in [0.05, 0.1) is 23.3 Å². The molecule has 0 bridgehead atoms. The summed E-state index contributed by atoms with van der Waals surface area (Å²) in [6.45, 7) is 2.46. The van der Waals surface area contributed by atoms with Gasteiger partial charge in [-0.3, -0.25) is 4.98 Å². The standard InChI is InChI=1S/C10H11N3O/c1-2-14-10-7(11)6-9-8(13-10)4-3-5-12-9/h3-6H,2,11H2,1H3. The summed E-state index contributed by atoms with van der Waals surface area (Å²) in [4.78, 5) is 8.40. The average molecular weight is 189 g/mol. The van der Waals surface area contributed by atoms with E-state index in [9.17, 15) is 0 Å². The fourth-order valence-corrected chi connectivity index (χ4v) is 1.25. The molecular formula is C10H11N3O. The molecule has 0 aromatic carbocycles. The topological polar surface area (TPSA) is 61.0 Å². The number of rotatable bonds is 2. The number of anilines is 1. The Morgan fingerprint density at radius 2 is 2.29 bits per heavy atom. The van der Waals surface area contributed by atoms with Gasteiger partial charge in [-0.05, 0) is 25.1 Å². The monoisotopic (exact) mass is 189 g/mol. The maximum atomic E-state index is 5.75. The molecule has 2 aromatic rings. The molecule has 0 aliphatic heterocycles. The summed E-state index contributed by atoms with van der Waals surface area (Å²) in [7, 11) is 0. The first kappa shape index (κ1) is 8.74. The van der Waals surface area contributed by atoms with E-state index < -0.39 is 0 Å². The highest BCUT2D eigenvalue weighted by atomic mass is 16.5. The predicted molar refractivity (Wildman–Crippen MR) is 55.1 cm³/mol. The highest BCUT2D eigenvalue weighted by Gasteiger charge is 2.04. The maximum absolute atomic E-state index is 5.75. The smallest absolute Gasteiger partial charge is 0.237 e. The number of nitrogens with zero attached hydrogens (tertiary/aromatic N) is 2. The number of nitrogens with two attached hydrogens (primary N) is 1. The molecule has 4 heteroatoms. The molecule has 0 fully saturated rings. The van der Waals surface area contributed by atoms with Crippen LogP contribution >= 0.6 is 0 Å². The molecule has 4 nitrogen and oxygen atoms in total. The second-order valence-corrected chi connectivity index (χ2v) is 2.86. The lowest BCUT2D eigenvalue weighted by atomic mass is 10.3. The van der Waals surface area contributed by atoms with Gasteiger partial charge in [-0.1, -0.05) is 0 Å². The lowest BCUT2D eigenvalue weighted by Crippen LogP contribution is -2.00. The molecule has 72 valence electrons. The minimum Gasteiger partial charge on any atom is -0.476 e. The third-order valence-corrected chi connectivity index (χ3v) is 1.86. The van der Waals surface area contributed by atoms with Crippen molar-refractivity contribution in [1.29, 1.82) is 0 Å². The highest BCUT2D eigenvalue weighted by molar-refractivity contribution is 5.79. The summed E-state index contributed by atoms with van der Waals surface area (Å²) < 4.78 is 5.28. The summed E-state index contributed by atoms with van der Waals surface area (Å²) in [5, 5.41) is 0. The van der Waals surface area contributed by atoms with Gasteiger partial charge in [0.15, 0.2) is 0 Å². The van der Waals surface area contributed by atoms with E-state index in [1.165, 1.54) is 0 Å². The van der Waals surface area contributed by atoms with Crippen LogP contribution in [0.1, 0.15) is 6.92 Å². The van der Waals surface area contributed by atoms with Crippen LogP contribution in [0.3, 0.4) is 0 Å². The van der Waals surface area contributed by atoms with E-state index in [1.807, 2.05) is 19.1 Å². The maximum Gasteiger partial charge on any atom is 0.237 e.